The average molecular weight is 375 g/mol. The maximum absolute atomic E-state index is 12.2. The number of halogens is 1. The molecule has 2 aromatic rings. The monoisotopic (exact) mass is 374 g/mol. The van der Waals surface area contributed by atoms with Crippen molar-refractivity contribution in [3.8, 4) is 5.75 Å². The van der Waals surface area contributed by atoms with Crippen LogP contribution in [0.3, 0.4) is 0 Å². The molecule has 0 saturated carbocycles. The first-order valence-electron chi connectivity index (χ1n) is 7.09. The molecule has 3 rings (SSSR count). The van der Waals surface area contributed by atoms with Crippen LogP contribution in [0.25, 0.3) is 0 Å². The van der Waals surface area contributed by atoms with Crippen LogP contribution in [0.2, 0.25) is 0 Å². The maximum atomic E-state index is 12.2. The Labute approximate surface area is 142 Å². The van der Waals surface area contributed by atoms with E-state index >= 15 is 0 Å². The van der Waals surface area contributed by atoms with Gasteiger partial charge in [-0.05, 0) is 12.1 Å². The van der Waals surface area contributed by atoms with E-state index in [1.807, 2.05) is 18.2 Å². The molecule has 7 heteroatoms. The number of carbonyl (C=O) groups excluding carboxylic acids is 1. The number of nitrogens with zero attached hydrogens (tertiary/aromatic N) is 2. The normalized spacial score (nSPS) is 16.0. The van der Waals surface area contributed by atoms with E-state index < -0.39 is 0 Å². The van der Waals surface area contributed by atoms with Crippen molar-refractivity contribution in [2.75, 3.05) is 17.2 Å². The first kappa shape index (κ1) is 15.5. The Balaban J connectivity index is 1.84. The van der Waals surface area contributed by atoms with Crippen LogP contribution in [-0.4, -0.2) is 22.6 Å². The van der Waals surface area contributed by atoms with Gasteiger partial charge in [-0.15, -0.1) is 0 Å². The van der Waals surface area contributed by atoms with Crippen LogP contribution in [0.1, 0.15) is 18.4 Å². The quantitative estimate of drug-likeness (QED) is 0.780. The molecule has 1 aliphatic rings. The summed E-state index contributed by atoms with van der Waals surface area (Å²) in [4.78, 5) is 19.9. The molecule has 6 nitrogen and oxygen atoms in total. The molecule has 0 fully saturated rings. The Kier molecular flexibility index (Phi) is 4.57. The lowest BCUT2D eigenvalue weighted by atomic mass is 9.99. The highest BCUT2D eigenvalue weighted by Gasteiger charge is 2.19. The predicted molar refractivity (Wildman–Crippen MR) is 91.9 cm³/mol. The van der Waals surface area contributed by atoms with Gasteiger partial charge in [0.2, 0.25) is 0 Å². The minimum atomic E-state index is -0.381. The van der Waals surface area contributed by atoms with Crippen LogP contribution in [-0.2, 0) is 0 Å². The van der Waals surface area contributed by atoms with Crippen molar-refractivity contribution in [1.29, 1.82) is 0 Å². The molecule has 118 valence electrons. The smallest absolute Gasteiger partial charge is 0.323 e. The number of allylic oxidation sites excluding steroid dienone is 1. The van der Waals surface area contributed by atoms with Gasteiger partial charge < -0.3 is 15.4 Å². The maximum Gasteiger partial charge on any atom is 0.323 e. The zero-order valence-corrected chi connectivity index (χ0v) is 14.0. The molecule has 2 N–H and O–H groups in total. The van der Waals surface area contributed by atoms with Crippen molar-refractivity contribution in [2.24, 2.45) is 0 Å². The molecule has 23 heavy (non-hydrogen) atoms. The highest BCUT2D eigenvalue weighted by atomic mass is 79.9. The van der Waals surface area contributed by atoms with Crippen molar-refractivity contribution < 1.29 is 9.53 Å². The standard InChI is InChI=1S/C16H15BrN4O2/c1-10-3-2-4-23-15-13(10)5-11(17)6-14(15)21-16(22)20-12-7-18-9-19-8-12/h2-3,5-10H,4H2,1H3,(H2,20,21,22)/t10-/m0/s1. The number of urea groups is 1. The Bertz CT molecular complexity index is 749. The highest BCUT2D eigenvalue weighted by molar-refractivity contribution is 9.10. The van der Waals surface area contributed by atoms with Gasteiger partial charge in [0.05, 0.1) is 23.8 Å². The molecule has 2 heterocycles. The van der Waals surface area contributed by atoms with Gasteiger partial charge in [-0.25, -0.2) is 14.8 Å². The second-order valence-electron chi connectivity index (χ2n) is 5.11. The number of fused-ring (bicyclic) bond motifs is 1. The number of benzene rings is 1. The Hall–Kier alpha value is -2.41. The van der Waals surface area contributed by atoms with Gasteiger partial charge in [0.25, 0.3) is 0 Å². The third-order valence-corrected chi connectivity index (χ3v) is 3.85. The number of rotatable bonds is 2. The van der Waals surface area contributed by atoms with Gasteiger partial charge in [0.15, 0.2) is 0 Å². The fourth-order valence-electron chi connectivity index (χ4n) is 2.35. The van der Waals surface area contributed by atoms with Crippen molar-refractivity contribution in [3.05, 3.63) is 53.0 Å². The van der Waals surface area contributed by atoms with Crippen LogP contribution in [0, 0.1) is 0 Å². The molecule has 1 aromatic carbocycles. The molecule has 1 aromatic heterocycles. The van der Waals surface area contributed by atoms with Crippen molar-refractivity contribution in [1.82, 2.24) is 9.97 Å². The zero-order valence-electron chi connectivity index (χ0n) is 12.4. The summed E-state index contributed by atoms with van der Waals surface area (Å²) in [6.45, 7) is 2.56. The summed E-state index contributed by atoms with van der Waals surface area (Å²) in [5, 5.41) is 5.50. The Morgan fingerprint density at radius 3 is 2.87 bits per heavy atom. The summed E-state index contributed by atoms with van der Waals surface area (Å²) in [7, 11) is 0. The molecule has 0 unspecified atom stereocenters. The van der Waals surface area contributed by atoms with Crippen molar-refractivity contribution in [2.45, 2.75) is 12.8 Å². The summed E-state index contributed by atoms with van der Waals surface area (Å²) in [5.74, 6) is 0.890. The largest absolute Gasteiger partial charge is 0.487 e. The molecule has 0 aliphatic carbocycles. The number of amides is 2. The average Bonchev–Trinajstić information content (AvgIpc) is 2.70. The van der Waals surface area contributed by atoms with Gasteiger partial charge in [0, 0.05) is 16.0 Å². The number of anilines is 2. The molecule has 1 atom stereocenters. The second kappa shape index (κ2) is 6.78. The lowest BCUT2D eigenvalue weighted by molar-refractivity contribution is 0.262. The van der Waals surface area contributed by atoms with Crippen LogP contribution in [0.4, 0.5) is 16.2 Å². The lowest BCUT2D eigenvalue weighted by Gasteiger charge is -2.17. The van der Waals surface area contributed by atoms with Crippen LogP contribution in [0.15, 0.2) is 47.5 Å². The fourth-order valence-corrected chi connectivity index (χ4v) is 2.83. The number of ether oxygens (including phenoxy) is 1. The molecular weight excluding hydrogens is 360 g/mol. The van der Waals surface area contributed by atoms with E-state index in [9.17, 15) is 4.79 Å². The minimum absolute atomic E-state index is 0.205. The summed E-state index contributed by atoms with van der Waals surface area (Å²) >= 11 is 3.48. The molecular formula is C16H15BrN4O2. The van der Waals surface area contributed by atoms with E-state index in [0.29, 0.717) is 23.7 Å². The topological polar surface area (TPSA) is 76.1 Å². The number of hydrogen-bond donors (Lipinski definition) is 2. The van der Waals surface area contributed by atoms with Gasteiger partial charge in [0.1, 0.15) is 18.7 Å². The molecule has 0 saturated heterocycles. The Morgan fingerprint density at radius 1 is 1.30 bits per heavy atom. The third kappa shape index (κ3) is 3.68. The predicted octanol–water partition coefficient (Wildman–Crippen LogP) is 3.94. The van der Waals surface area contributed by atoms with Crippen LogP contribution >= 0.6 is 15.9 Å². The SMILES string of the molecule is C[C@H]1C=CCOc2c(NC(=O)Nc3cncnc3)cc(Br)cc21. The number of carbonyl (C=O) groups is 1. The number of aromatic nitrogens is 2. The summed E-state index contributed by atoms with van der Waals surface area (Å²) < 4.78 is 6.66. The summed E-state index contributed by atoms with van der Waals surface area (Å²) in [6, 6.07) is 3.44. The Morgan fingerprint density at radius 2 is 2.09 bits per heavy atom. The van der Waals surface area contributed by atoms with Crippen LogP contribution < -0.4 is 15.4 Å². The summed E-state index contributed by atoms with van der Waals surface area (Å²) in [6.07, 6.45) is 8.51. The van der Waals surface area contributed by atoms with Crippen molar-refractivity contribution >= 4 is 33.3 Å². The van der Waals surface area contributed by atoms with E-state index in [4.69, 9.17) is 4.74 Å². The molecule has 0 spiro atoms. The molecule has 0 bridgehead atoms. The summed E-state index contributed by atoms with van der Waals surface area (Å²) in [5.41, 5.74) is 2.15. The van der Waals surface area contributed by atoms with Gasteiger partial charge in [-0.3, -0.25) is 0 Å². The lowest BCUT2D eigenvalue weighted by Crippen LogP contribution is -2.20. The van der Waals surface area contributed by atoms with E-state index in [2.05, 4.69) is 49.5 Å². The van der Waals surface area contributed by atoms with Gasteiger partial charge in [-0.1, -0.05) is 35.0 Å². The second-order valence-corrected chi connectivity index (χ2v) is 6.02. The first-order valence-corrected chi connectivity index (χ1v) is 7.88. The van der Waals surface area contributed by atoms with E-state index in [-0.39, 0.29) is 11.9 Å². The molecule has 1 aliphatic heterocycles. The number of nitrogens with one attached hydrogen (secondary N) is 2. The highest BCUT2D eigenvalue weighted by Crippen LogP contribution is 2.39. The molecule has 2 amide bonds. The van der Waals surface area contributed by atoms with E-state index in [1.54, 1.807) is 0 Å². The number of hydrogen-bond acceptors (Lipinski definition) is 4. The zero-order chi connectivity index (χ0) is 16.2. The first-order chi connectivity index (χ1) is 11.1. The minimum Gasteiger partial charge on any atom is -0.487 e. The molecule has 0 radical (unpaired) electrons. The van der Waals surface area contributed by atoms with Crippen molar-refractivity contribution in [3.63, 3.8) is 0 Å². The third-order valence-electron chi connectivity index (χ3n) is 3.39. The van der Waals surface area contributed by atoms with E-state index in [0.717, 1.165) is 10.0 Å². The van der Waals surface area contributed by atoms with Crippen LogP contribution in [0.5, 0.6) is 5.75 Å². The van der Waals surface area contributed by atoms with Gasteiger partial charge in [-0.2, -0.15) is 0 Å². The van der Waals surface area contributed by atoms with E-state index in [1.165, 1.54) is 18.7 Å². The van der Waals surface area contributed by atoms with Gasteiger partial charge >= 0.3 is 6.03 Å². The fraction of sp³-hybridized carbons (Fsp3) is 0.188.